The number of ketones is 1. The lowest BCUT2D eigenvalue weighted by Gasteiger charge is -2.21. The molecular formula is C19H22FNO3. The van der Waals surface area contributed by atoms with Gasteiger partial charge in [-0.3, -0.25) is 9.59 Å². The molecule has 1 aromatic carbocycles. The van der Waals surface area contributed by atoms with E-state index in [1.807, 2.05) is 20.8 Å². The van der Waals surface area contributed by atoms with Crippen molar-refractivity contribution in [3.63, 3.8) is 0 Å². The van der Waals surface area contributed by atoms with E-state index in [0.717, 1.165) is 5.56 Å². The second-order valence-corrected chi connectivity index (χ2v) is 6.89. The Hall–Kier alpha value is -2.30. The maximum absolute atomic E-state index is 14.7. The third kappa shape index (κ3) is 3.30. The summed E-state index contributed by atoms with van der Waals surface area (Å²) in [6.07, 6.45) is 0.237. The quantitative estimate of drug-likeness (QED) is 0.614. The van der Waals surface area contributed by atoms with Crippen LogP contribution in [0.2, 0.25) is 0 Å². The lowest BCUT2D eigenvalue weighted by Crippen LogP contribution is -2.14. The zero-order chi connectivity index (χ0) is 18.2. The molecule has 0 N–H and O–H groups in total. The van der Waals surface area contributed by atoms with E-state index < -0.39 is 11.8 Å². The van der Waals surface area contributed by atoms with E-state index in [2.05, 4.69) is 4.98 Å². The number of ether oxygens (including phenoxy) is 1. The van der Waals surface area contributed by atoms with E-state index in [0.29, 0.717) is 10.9 Å². The average molecular weight is 331 g/mol. The fraction of sp³-hybridized carbons (Fsp3) is 0.421. The lowest BCUT2D eigenvalue weighted by atomic mass is 9.86. The summed E-state index contributed by atoms with van der Waals surface area (Å²) in [6, 6.07) is 3.19. The standard InChI is InChI=1S/C19H22FNO3/c1-7-15(23)16-10(2)18(24-11(3)22)13-8-12(19(4,5)6)9-14(20)17(13)21-16/h8-9H,7H2,1-6H3. The van der Waals surface area contributed by atoms with E-state index in [4.69, 9.17) is 4.74 Å². The highest BCUT2D eigenvalue weighted by molar-refractivity contribution is 6.01. The number of halogens is 1. The van der Waals surface area contributed by atoms with Crippen LogP contribution < -0.4 is 4.74 Å². The van der Waals surface area contributed by atoms with Crippen LogP contribution in [0.5, 0.6) is 5.75 Å². The summed E-state index contributed by atoms with van der Waals surface area (Å²) < 4.78 is 20.0. The van der Waals surface area contributed by atoms with Gasteiger partial charge in [-0.1, -0.05) is 27.7 Å². The number of fused-ring (bicyclic) bond motifs is 1. The molecule has 0 saturated heterocycles. The van der Waals surface area contributed by atoms with Gasteiger partial charge in [0.15, 0.2) is 5.78 Å². The van der Waals surface area contributed by atoms with Gasteiger partial charge in [-0.25, -0.2) is 9.37 Å². The second-order valence-electron chi connectivity index (χ2n) is 6.89. The first kappa shape index (κ1) is 18.0. The van der Waals surface area contributed by atoms with Crippen LogP contribution >= 0.6 is 0 Å². The Morgan fingerprint density at radius 3 is 2.38 bits per heavy atom. The fourth-order valence-electron chi connectivity index (χ4n) is 2.54. The Morgan fingerprint density at radius 1 is 1.25 bits per heavy atom. The topological polar surface area (TPSA) is 56.3 Å². The van der Waals surface area contributed by atoms with Crippen LogP contribution in [0.25, 0.3) is 10.9 Å². The van der Waals surface area contributed by atoms with Crippen molar-refractivity contribution in [2.75, 3.05) is 0 Å². The van der Waals surface area contributed by atoms with Gasteiger partial charge in [-0.15, -0.1) is 0 Å². The normalized spacial score (nSPS) is 11.6. The van der Waals surface area contributed by atoms with Crippen LogP contribution in [0.3, 0.4) is 0 Å². The molecule has 4 nitrogen and oxygen atoms in total. The first-order valence-corrected chi connectivity index (χ1v) is 7.92. The van der Waals surface area contributed by atoms with Crippen LogP contribution in [0, 0.1) is 12.7 Å². The third-order valence-electron chi connectivity index (χ3n) is 3.92. The Balaban J connectivity index is 2.92. The number of pyridine rings is 1. The van der Waals surface area contributed by atoms with Crippen LogP contribution in [-0.4, -0.2) is 16.7 Å². The van der Waals surface area contributed by atoms with Gasteiger partial charge in [0.1, 0.15) is 22.8 Å². The summed E-state index contributed by atoms with van der Waals surface area (Å²) >= 11 is 0. The number of carbonyl (C=O) groups is 2. The molecule has 5 heteroatoms. The van der Waals surface area contributed by atoms with Crippen LogP contribution in [0.15, 0.2) is 12.1 Å². The predicted molar refractivity (Wildman–Crippen MR) is 91.1 cm³/mol. The minimum Gasteiger partial charge on any atom is -0.426 e. The fourth-order valence-corrected chi connectivity index (χ4v) is 2.54. The summed E-state index contributed by atoms with van der Waals surface area (Å²) in [6.45, 7) is 10.5. The number of rotatable bonds is 3. The van der Waals surface area contributed by atoms with Gasteiger partial charge in [-0.05, 0) is 30.0 Å². The van der Waals surface area contributed by atoms with Gasteiger partial charge in [0.2, 0.25) is 0 Å². The average Bonchev–Trinajstić information content (AvgIpc) is 2.47. The minimum absolute atomic E-state index is 0.0432. The molecule has 1 aromatic heterocycles. The molecule has 0 aliphatic heterocycles. The first-order valence-electron chi connectivity index (χ1n) is 7.92. The number of carbonyl (C=O) groups excluding carboxylic acids is 2. The zero-order valence-electron chi connectivity index (χ0n) is 14.9. The number of benzene rings is 1. The number of aromatic nitrogens is 1. The number of hydrogen-bond donors (Lipinski definition) is 0. The largest absolute Gasteiger partial charge is 0.426 e. The molecule has 0 radical (unpaired) electrons. The molecule has 0 aliphatic carbocycles. The minimum atomic E-state index is -0.531. The van der Waals surface area contributed by atoms with Crippen molar-refractivity contribution in [2.24, 2.45) is 0 Å². The Labute approximate surface area is 141 Å². The number of Topliss-reactive ketones (excluding diaryl/α,β-unsaturated/α-hetero) is 1. The summed E-state index contributed by atoms with van der Waals surface area (Å²) in [5.74, 6) is -1.07. The van der Waals surface area contributed by atoms with Crippen molar-refractivity contribution in [1.29, 1.82) is 0 Å². The van der Waals surface area contributed by atoms with Gasteiger partial charge in [0.25, 0.3) is 0 Å². The van der Waals surface area contributed by atoms with E-state index in [1.54, 1.807) is 19.9 Å². The molecule has 0 unspecified atom stereocenters. The van der Waals surface area contributed by atoms with Gasteiger partial charge in [0, 0.05) is 24.3 Å². The zero-order valence-corrected chi connectivity index (χ0v) is 14.9. The summed E-state index contributed by atoms with van der Waals surface area (Å²) in [5.41, 5.74) is 1.12. The predicted octanol–water partition coefficient (Wildman–Crippen LogP) is 4.50. The van der Waals surface area contributed by atoms with E-state index in [1.165, 1.54) is 13.0 Å². The van der Waals surface area contributed by atoms with E-state index in [-0.39, 0.29) is 34.6 Å². The highest BCUT2D eigenvalue weighted by Gasteiger charge is 2.23. The van der Waals surface area contributed by atoms with Gasteiger partial charge in [0.05, 0.1) is 0 Å². The Morgan fingerprint density at radius 2 is 1.88 bits per heavy atom. The third-order valence-corrected chi connectivity index (χ3v) is 3.92. The van der Waals surface area contributed by atoms with Crippen molar-refractivity contribution in [2.45, 2.75) is 53.4 Å². The van der Waals surface area contributed by atoms with Crippen LogP contribution in [-0.2, 0) is 10.2 Å². The molecule has 2 aromatic rings. The molecule has 24 heavy (non-hydrogen) atoms. The first-order chi connectivity index (χ1) is 11.1. The van der Waals surface area contributed by atoms with Gasteiger partial charge >= 0.3 is 5.97 Å². The van der Waals surface area contributed by atoms with Crippen LogP contribution in [0.4, 0.5) is 4.39 Å². The SMILES string of the molecule is CCC(=O)c1nc2c(F)cc(C(C)(C)C)cc2c(OC(C)=O)c1C. The maximum Gasteiger partial charge on any atom is 0.308 e. The maximum atomic E-state index is 14.7. The van der Waals surface area contributed by atoms with E-state index in [9.17, 15) is 14.0 Å². The van der Waals surface area contributed by atoms with Gasteiger partial charge in [-0.2, -0.15) is 0 Å². The highest BCUT2D eigenvalue weighted by atomic mass is 19.1. The monoisotopic (exact) mass is 331 g/mol. The Kier molecular flexibility index (Phi) is 4.74. The molecular weight excluding hydrogens is 309 g/mol. The summed E-state index contributed by atoms with van der Waals surface area (Å²) in [5, 5.41) is 0.403. The highest BCUT2D eigenvalue weighted by Crippen LogP contribution is 2.36. The summed E-state index contributed by atoms with van der Waals surface area (Å²) in [7, 11) is 0. The lowest BCUT2D eigenvalue weighted by molar-refractivity contribution is -0.131. The molecule has 128 valence electrons. The molecule has 0 amide bonds. The molecule has 0 bridgehead atoms. The molecule has 1 heterocycles. The number of esters is 1. The molecule has 2 rings (SSSR count). The van der Waals surface area contributed by atoms with E-state index >= 15 is 0 Å². The van der Waals surface area contributed by atoms with Crippen molar-refractivity contribution in [3.05, 3.63) is 34.8 Å². The van der Waals surface area contributed by atoms with Crippen molar-refractivity contribution in [1.82, 2.24) is 4.98 Å². The smallest absolute Gasteiger partial charge is 0.308 e. The van der Waals surface area contributed by atoms with Crippen molar-refractivity contribution < 1.29 is 18.7 Å². The molecule has 0 spiro atoms. The number of nitrogens with zero attached hydrogens (tertiary/aromatic N) is 1. The molecule has 0 atom stereocenters. The molecule has 0 saturated carbocycles. The second kappa shape index (κ2) is 6.30. The van der Waals surface area contributed by atoms with Crippen molar-refractivity contribution in [3.8, 4) is 5.75 Å². The molecule has 0 aliphatic rings. The van der Waals surface area contributed by atoms with Gasteiger partial charge < -0.3 is 4.74 Å². The molecule has 0 fully saturated rings. The number of hydrogen-bond acceptors (Lipinski definition) is 4. The summed E-state index contributed by atoms with van der Waals surface area (Å²) in [4.78, 5) is 27.9. The Bertz CT molecular complexity index is 835. The van der Waals surface area contributed by atoms with Crippen LogP contribution in [0.1, 0.15) is 62.7 Å². The van der Waals surface area contributed by atoms with Crippen molar-refractivity contribution >= 4 is 22.7 Å².